The van der Waals surface area contributed by atoms with E-state index in [0.29, 0.717) is 12.5 Å². The molecular formula is C22H27N9. The Kier molecular flexibility index (Phi) is 5.03. The molecule has 3 aromatic heterocycles. The topological polar surface area (TPSA) is 103 Å². The number of imidazole rings is 1. The van der Waals surface area contributed by atoms with Crippen LogP contribution in [0.3, 0.4) is 0 Å². The molecule has 1 fully saturated rings. The van der Waals surface area contributed by atoms with Gasteiger partial charge in [0, 0.05) is 44.1 Å². The molecule has 0 unspecified atom stereocenters. The fourth-order valence-corrected chi connectivity index (χ4v) is 3.99. The van der Waals surface area contributed by atoms with Crippen molar-refractivity contribution in [1.29, 1.82) is 0 Å². The van der Waals surface area contributed by atoms with E-state index in [9.17, 15) is 0 Å². The van der Waals surface area contributed by atoms with Crippen LogP contribution in [0.5, 0.6) is 0 Å². The van der Waals surface area contributed by atoms with Gasteiger partial charge in [-0.2, -0.15) is 15.1 Å². The summed E-state index contributed by atoms with van der Waals surface area (Å²) in [5.74, 6) is 1.43. The van der Waals surface area contributed by atoms with Crippen molar-refractivity contribution in [2.45, 2.75) is 38.9 Å². The molecule has 0 saturated carbocycles. The zero-order valence-corrected chi connectivity index (χ0v) is 17.8. The number of rotatable bonds is 6. The van der Waals surface area contributed by atoms with Gasteiger partial charge in [-0.15, -0.1) is 0 Å². The molecule has 5 rings (SSSR count). The highest BCUT2D eigenvalue weighted by atomic mass is 15.3. The van der Waals surface area contributed by atoms with Gasteiger partial charge in [-0.3, -0.25) is 0 Å². The summed E-state index contributed by atoms with van der Waals surface area (Å²) in [5.41, 5.74) is 9.89. The summed E-state index contributed by atoms with van der Waals surface area (Å²) in [5, 5.41) is 7.89. The monoisotopic (exact) mass is 417 g/mol. The van der Waals surface area contributed by atoms with E-state index < -0.39 is 0 Å². The van der Waals surface area contributed by atoms with Crippen LogP contribution < -0.4 is 16.0 Å². The first-order valence-corrected chi connectivity index (χ1v) is 10.7. The standard InChI is InChI=1S/C22H27N9/c1-15(2)30-14-25-19-20(27-22(28-21(19)30)29-11-8-17(23)13-29)24-12-16-6-3-4-7-18(16)31-10-5-9-26-31/h3-7,9-10,14-15,17H,8,11-13,23H2,1-2H3,(H,24,27,28)/t17-/m0/s1. The Labute approximate surface area is 180 Å². The number of nitrogens with one attached hydrogen (secondary N) is 1. The highest BCUT2D eigenvalue weighted by Crippen LogP contribution is 2.27. The number of benzene rings is 1. The van der Waals surface area contributed by atoms with E-state index in [1.807, 2.05) is 35.4 Å². The molecule has 1 aromatic carbocycles. The minimum Gasteiger partial charge on any atom is -0.364 e. The molecule has 1 atom stereocenters. The molecule has 9 nitrogen and oxygen atoms in total. The van der Waals surface area contributed by atoms with E-state index >= 15 is 0 Å². The van der Waals surface area contributed by atoms with Gasteiger partial charge in [0.15, 0.2) is 17.0 Å². The van der Waals surface area contributed by atoms with E-state index in [-0.39, 0.29) is 12.1 Å². The number of anilines is 2. The lowest BCUT2D eigenvalue weighted by Gasteiger charge is -2.18. The Morgan fingerprint density at radius 1 is 1.19 bits per heavy atom. The second-order valence-corrected chi connectivity index (χ2v) is 8.22. The molecule has 9 heteroatoms. The maximum atomic E-state index is 6.13. The Morgan fingerprint density at radius 2 is 2.06 bits per heavy atom. The van der Waals surface area contributed by atoms with Gasteiger partial charge in [-0.1, -0.05) is 18.2 Å². The number of nitrogens with zero attached hydrogens (tertiary/aromatic N) is 7. The quantitative estimate of drug-likeness (QED) is 0.497. The molecule has 0 bridgehead atoms. The van der Waals surface area contributed by atoms with E-state index in [1.165, 1.54) is 0 Å². The summed E-state index contributed by atoms with van der Waals surface area (Å²) < 4.78 is 3.95. The van der Waals surface area contributed by atoms with Crippen molar-refractivity contribution in [2.24, 2.45) is 5.73 Å². The average molecular weight is 418 g/mol. The van der Waals surface area contributed by atoms with Crippen LogP contribution in [0.4, 0.5) is 11.8 Å². The summed E-state index contributed by atoms with van der Waals surface area (Å²) in [7, 11) is 0. The smallest absolute Gasteiger partial charge is 0.229 e. The predicted octanol–water partition coefficient (Wildman–Crippen LogP) is 2.74. The zero-order chi connectivity index (χ0) is 21.4. The van der Waals surface area contributed by atoms with Gasteiger partial charge in [-0.05, 0) is 38.0 Å². The Morgan fingerprint density at radius 3 is 2.81 bits per heavy atom. The van der Waals surface area contributed by atoms with Crippen molar-refractivity contribution in [1.82, 2.24) is 29.3 Å². The summed E-state index contributed by atoms with van der Waals surface area (Å²) in [6, 6.07) is 10.5. The van der Waals surface area contributed by atoms with E-state index in [2.05, 4.69) is 50.8 Å². The molecule has 4 heterocycles. The minimum atomic E-state index is 0.159. The van der Waals surface area contributed by atoms with Crippen molar-refractivity contribution in [3.05, 3.63) is 54.6 Å². The number of para-hydroxylation sites is 1. The highest BCUT2D eigenvalue weighted by molar-refractivity contribution is 5.84. The van der Waals surface area contributed by atoms with Crippen LogP contribution in [0.15, 0.2) is 49.1 Å². The Bertz CT molecular complexity index is 1180. The molecule has 160 valence electrons. The average Bonchev–Trinajstić information content (AvgIpc) is 3.52. The summed E-state index contributed by atoms with van der Waals surface area (Å²) in [4.78, 5) is 16.5. The van der Waals surface area contributed by atoms with Crippen LogP contribution in [-0.4, -0.2) is 48.4 Å². The molecule has 1 aliphatic heterocycles. The van der Waals surface area contributed by atoms with E-state index in [4.69, 9.17) is 15.7 Å². The van der Waals surface area contributed by atoms with Crippen LogP contribution in [0, 0.1) is 0 Å². The molecule has 1 aliphatic rings. The van der Waals surface area contributed by atoms with Crippen molar-refractivity contribution in [2.75, 3.05) is 23.3 Å². The Balaban J connectivity index is 1.51. The van der Waals surface area contributed by atoms with Crippen molar-refractivity contribution in [3.63, 3.8) is 0 Å². The SMILES string of the molecule is CC(C)n1cnc2c(NCc3ccccc3-n3cccn3)nc(N3CC[C@H](N)C3)nc21. The first-order valence-electron chi connectivity index (χ1n) is 10.7. The molecule has 0 amide bonds. The van der Waals surface area contributed by atoms with Gasteiger partial charge in [0.2, 0.25) is 5.95 Å². The Hall–Kier alpha value is -3.46. The number of fused-ring (bicyclic) bond motifs is 1. The largest absolute Gasteiger partial charge is 0.364 e. The molecule has 0 radical (unpaired) electrons. The van der Waals surface area contributed by atoms with Crippen LogP contribution in [0.1, 0.15) is 31.9 Å². The van der Waals surface area contributed by atoms with Gasteiger partial charge in [0.05, 0.1) is 12.0 Å². The first-order chi connectivity index (χ1) is 15.1. The van der Waals surface area contributed by atoms with Crippen molar-refractivity contribution in [3.8, 4) is 5.69 Å². The second kappa shape index (κ2) is 7.99. The van der Waals surface area contributed by atoms with Crippen LogP contribution in [0.2, 0.25) is 0 Å². The van der Waals surface area contributed by atoms with Crippen molar-refractivity contribution < 1.29 is 0 Å². The molecule has 3 N–H and O–H groups in total. The number of hydrogen-bond donors (Lipinski definition) is 2. The van der Waals surface area contributed by atoms with Crippen LogP contribution in [-0.2, 0) is 6.54 Å². The van der Waals surface area contributed by atoms with Gasteiger partial charge in [0.1, 0.15) is 0 Å². The lowest BCUT2D eigenvalue weighted by atomic mass is 10.2. The predicted molar refractivity (Wildman–Crippen MR) is 121 cm³/mol. The fourth-order valence-electron chi connectivity index (χ4n) is 3.99. The lowest BCUT2D eigenvalue weighted by molar-refractivity contribution is 0.612. The van der Waals surface area contributed by atoms with E-state index in [0.717, 1.165) is 47.7 Å². The van der Waals surface area contributed by atoms with E-state index in [1.54, 1.807) is 6.20 Å². The summed E-state index contributed by atoms with van der Waals surface area (Å²) in [6.45, 7) is 6.48. The molecule has 1 saturated heterocycles. The summed E-state index contributed by atoms with van der Waals surface area (Å²) >= 11 is 0. The maximum Gasteiger partial charge on any atom is 0.229 e. The highest BCUT2D eigenvalue weighted by Gasteiger charge is 2.24. The molecule has 0 spiro atoms. The van der Waals surface area contributed by atoms with Crippen molar-refractivity contribution >= 4 is 22.9 Å². The van der Waals surface area contributed by atoms with Gasteiger partial charge >= 0.3 is 0 Å². The third-order valence-corrected chi connectivity index (χ3v) is 5.66. The molecular weight excluding hydrogens is 390 g/mol. The van der Waals surface area contributed by atoms with Crippen LogP contribution >= 0.6 is 0 Å². The number of hydrogen-bond acceptors (Lipinski definition) is 7. The molecule has 31 heavy (non-hydrogen) atoms. The van der Waals surface area contributed by atoms with Gasteiger partial charge < -0.3 is 20.5 Å². The normalized spacial score (nSPS) is 16.5. The first kappa shape index (κ1) is 19.5. The zero-order valence-electron chi connectivity index (χ0n) is 17.8. The third kappa shape index (κ3) is 3.72. The maximum absolute atomic E-state index is 6.13. The number of aromatic nitrogens is 6. The molecule has 0 aliphatic carbocycles. The van der Waals surface area contributed by atoms with Gasteiger partial charge in [-0.25, -0.2) is 9.67 Å². The van der Waals surface area contributed by atoms with Crippen LogP contribution in [0.25, 0.3) is 16.9 Å². The fraction of sp³-hybridized carbons (Fsp3) is 0.364. The second-order valence-electron chi connectivity index (χ2n) is 8.22. The number of nitrogens with two attached hydrogens (primary N) is 1. The minimum absolute atomic E-state index is 0.159. The van der Waals surface area contributed by atoms with Gasteiger partial charge in [0.25, 0.3) is 0 Å². The third-order valence-electron chi connectivity index (χ3n) is 5.66. The molecule has 4 aromatic rings. The lowest BCUT2D eigenvalue weighted by Crippen LogP contribution is -2.28. The summed E-state index contributed by atoms with van der Waals surface area (Å²) in [6.07, 6.45) is 6.52.